The van der Waals surface area contributed by atoms with Gasteiger partial charge in [-0.3, -0.25) is 14.1 Å². The van der Waals surface area contributed by atoms with Crippen LogP contribution in [-0.2, 0) is 27.1 Å². The van der Waals surface area contributed by atoms with Crippen LogP contribution in [0.1, 0.15) is 150 Å². The molecule has 4 nitrogen and oxygen atoms in total. The van der Waals surface area contributed by atoms with Gasteiger partial charge < -0.3 is 4.74 Å². The van der Waals surface area contributed by atoms with E-state index in [0.29, 0.717) is 0 Å². The third-order valence-electron chi connectivity index (χ3n) is 14.1. The molecule has 0 fully saturated rings. The van der Waals surface area contributed by atoms with Crippen molar-refractivity contribution in [2.45, 2.75) is 116 Å². The number of ether oxygens (including phenoxy) is 1. The maximum atomic E-state index is 7.13. The Bertz CT molecular complexity index is 3100. The van der Waals surface area contributed by atoms with Gasteiger partial charge in [0.25, 0.3) is 6.33 Å². The average molecular weight is 866 g/mol. The predicted octanol–water partition coefficient (Wildman–Crippen LogP) is 14.8. The summed E-state index contributed by atoms with van der Waals surface area (Å²) in [6.45, 7) is 27.3. The van der Waals surface area contributed by atoms with Crippen molar-refractivity contribution in [3.8, 4) is 34.0 Å². The molecule has 1 spiro atoms. The Balaban J connectivity index is 1.13. The van der Waals surface area contributed by atoms with Gasteiger partial charge in [-0.05, 0) is 143 Å². The van der Waals surface area contributed by atoms with Gasteiger partial charge in [0.2, 0.25) is 0 Å². The summed E-state index contributed by atoms with van der Waals surface area (Å²) < 4.78 is 11.3. The fourth-order valence-corrected chi connectivity index (χ4v) is 10.4. The third kappa shape index (κ3) is 7.30. The maximum Gasteiger partial charge on any atom is 0.268 e. The van der Waals surface area contributed by atoms with Crippen molar-refractivity contribution in [1.82, 2.24) is 9.55 Å². The smallest absolute Gasteiger partial charge is 0.268 e. The first-order chi connectivity index (χ1) is 31.2. The molecule has 66 heavy (non-hydrogen) atoms. The Morgan fingerprint density at radius 1 is 0.515 bits per heavy atom. The fraction of sp³-hybridized carbons (Fsp3) is 0.290. The summed E-state index contributed by atoms with van der Waals surface area (Å²) in [6.07, 6.45) is 9.88. The van der Waals surface area contributed by atoms with Crippen LogP contribution in [0.3, 0.4) is 0 Å². The fourth-order valence-electron chi connectivity index (χ4n) is 10.4. The lowest BCUT2D eigenvalue weighted by molar-refractivity contribution is -0.599. The molecule has 0 radical (unpaired) electrons. The predicted molar refractivity (Wildman–Crippen MR) is 270 cm³/mol. The van der Waals surface area contributed by atoms with Gasteiger partial charge in [0.1, 0.15) is 11.5 Å². The molecule has 0 amide bonds. The molecule has 6 aromatic carbocycles. The first kappa shape index (κ1) is 43.4. The van der Waals surface area contributed by atoms with E-state index in [4.69, 9.17) is 9.72 Å². The van der Waals surface area contributed by atoms with Gasteiger partial charge in [-0.1, -0.05) is 168 Å². The highest BCUT2D eigenvalue weighted by Crippen LogP contribution is 2.62. The summed E-state index contributed by atoms with van der Waals surface area (Å²) in [5, 5.41) is 0. The number of hydrogen-bond acceptors (Lipinski definition) is 2. The van der Waals surface area contributed by atoms with Crippen molar-refractivity contribution in [1.29, 1.82) is 0 Å². The van der Waals surface area contributed by atoms with Gasteiger partial charge in [0.05, 0.1) is 28.4 Å². The van der Waals surface area contributed by atoms with Crippen molar-refractivity contribution < 1.29 is 9.30 Å². The van der Waals surface area contributed by atoms with E-state index >= 15 is 0 Å². The van der Waals surface area contributed by atoms with E-state index < -0.39 is 5.41 Å². The highest BCUT2D eigenvalue weighted by atomic mass is 16.5. The van der Waals surface area contributed by atoms with Crippen molar-refractivity contribution in [3.05, 3.63) is 226 Å². The second kappa shape index (κ2) is 15.3. The zero-order valence-electron chi connectivity index (χ0n) is 40.8. The van der Waals surface area contributed by atoms with Crippen LogP contribution in [0.15, 0.2) is 158 Å². The number of hydrogen-bond donors (Lipinski definition) is 0. The van der Waals surface area contributed by atoms with Crippen LogP contribution in [0.2, 0.25) is 0 Å². The topological polar surface area (TPSA) is 30.9 Å². The zero-order valence-corrected chi connectivity index (χ0v) is 40.8. The van der Waals surface area contributed by atoms with E-state index in [9.17, 15) is 0 Å². The van der Waals surface area contributed by atoms with Gasteiger partial charge in [-0.25, -0.2) is 0 Å². The van der Waals surface area contributed by atoms with E-state index in [0.717, 1.165) is 28.6 Å². The van der Waals surface area contributed by atoms with Crippen LogP contribution in [0.25, 0.3) is 22.5 Å². The Labute approximate surface area is 393 Å². The summed E-state index contributed by atoms with van der Waals surface area (Å²) in [4.78, 5) is 5.18. The van der Waals surface area contributed by atoms with Gasteiger partial charge >= 0.3 is 0 Å². The quantitative estimate of drug-likeness (QED) is 0.127. The molecule has 8 aromatic rings. The summed E-state index contributed by atoms with van der Waals surface area (Å²) in [6, 6.07) is 52.0. The average Bonchev–Trinajstić information content (AvgIpc) is 3.88. The van der Waals surface area contributed by atoms with E-state index in [-0.39, 0.29) is 27.6 Å². The van der Waals surface area contributed by atoms with E-state index in [1.54, 1.807) is 0 Å². The molecule has 332 valence electrons. The number of aromatic nitrogens is 3. The Kier molecular flexibility index (Phi) is 10.0. The van der Waals surface area contributed by atoms with Crippen LogP contribution in [0, 0.1) is 6.33 Å². The lowest BCUT2D eigenvalue weighted by atomic mass is 9.58. The Morgan fingerprint density at radius 2 is 1.08 bits per heavy atom. The van der Waals surface area contributed by atoms with Gasteiger partial charge in [-0.15, -0.1) is 0 Å². The van der Waals surface area contributed by atoms with Gasteiger partial charge in [-0.2, -0.15) is 0 Å². The molecular formula is C62H63N3O. The van der Waals surface area contributed by atoms with E-state index in [1.165, 1.54) is 66.8 Å². The lowest BCUT2D eigenvalue weighted by Gasteiger charge is -2.43. The standard InChI is InChI=1S/C62H63N3O/c1-58(2,3)40-27-28-63-56(36-40)57-50-21-15-18-24-54(50)62(52-22-16-13-19-48(52)49-20-14-17-23-53(49)62)55-26-25-46(38-51(55)57)66-47-35-43(61(10,11)12)34-45(37-47)65-30-29-64(39-65)44-32-41(59(4,5)6)31-42(33-44)60(7,8)9/h13-38,57H,1-12H3. The summed E-state index contributed by atoms with van der Waals surface area (Å²) in [7, 11) is 0. The molecular weight excluding hydrogens is 803 g/mol. The number of nitrogens with zero attached hydrogens (tertiary/aromatic N) is 3. The number of imidazole rings is 1. The monoisotopic (exact) mass is 865 g/mol. The first-order valence-electron chi connectivity index (χ1n) is 23.6. The summed E-state index contributed by atoms with van der Waals surface area (Å²) in [5.74, 6) is 1.45. The number of rotatable bonds is 5. The molecule has 1 unspecified atom stereocenters. The van der Waals surface area contributed by atoms with Gasteiger partial charge in [0.15, 0.2) is 0 Å². The Morgan fingerprint density at radius 3 is 1.70 bits per heavy atom. The molecule has 2 heterocycles. The van der Waals surface area contributed by atoms with E-state index in [2.05, 4.69) is 250 Å². The molecule has 4 heteroatoms. The SMILES string of the molecule is CC(C)(C)c1cc(Oc2ccc3c(c2)C(c2cc(C(C)(C)C)ccn2)c2ccccc2C32c3ccccc3-c3ccccc32)cc(-n2[c-][n+](-c3cc(C(C)(C)C)cc(C(C)(C)C)c3)cc2)c1. The first-order valence-corrected chi connectivity index (χ1v) is 23.6. The summed E-state index contributed by atoms with van der Waals surface area (Å²) in [5.41, 5.74) is 17.7. The minimum atomic E-state index is -0.519. The molecule has 0 saturated heterocycles. The lowest BCUT2D eigenvalue weighted by Crippen LogP contribution is -2.36. The molecule has 0 saturated carbocycles. The summed E-state index contributed by atoms with van der Waals surface area (Å²) >= 11 is 0. The number of pyridine rings is 1. The zero-order chi connectivity index (χ0) is 46.6. The minimum Gasteiger partial charge on any atom is -0.458 e. The molecule has 1 atom stereocenters. The maximum absolute atomic E-state index is 7.13. The van der Waals surface area contributed by atoms with Gasteiger partial charge in [0, 0.05) is 18.6 Å². The number of benzene rings is 6. The van der Waals surface area contributed by atoms with E-state index in [1.807, 2.05) is 6.20 Å². The second-order valence-corrected chi connectivity index (χ2v) is 22.8. The highest BCUT2D eigenvalue weighted by Gasteiger charge is 2.52. The molecule has 0 N–H and O–H groups in total. The van der Waals surface area contributed by atoms with Crippen LogP contribution < -0.4 is 9.30 Å². The second-order valence-electron chi connectivity index (χ2n) is 22.8. The largest absolute Gasteiger partial charge is 0.458 e. The molecule has 2 aliphatic carbocycles. The van der Waals surface area contributed by atoms with Crippen molar-refractivity contribution in [2.24, 2.45) is 0 Å². The molecule has 2 aliphatic rings. The minimum absolute atomic E-state index is 0.00609. The molecule has 2 aromatic heterocycles. The van der Waals surface area contributed by atoms with Crippen LogP contribution >= 0.6 is 0 Å². The van der Waals surface area contributed by atoms with Crippen molar-refractivity contribution in [3.63, 3.8) is 0 Å². The third-order valence-corrected chi connectivity index (χ3v) is 14.1. The van der Waals surface area contributed by atoms with Crippen molar-refractivity contribution in [2.75, 3.05) is 0 Å². The van der Waals surface area contributed by atoms with Crippen LogP contribution in [-0.4, -0.2) is 9.55 Å². The normalized spacial score (nSPS) is 15.2. The Hall–Kier alpha value is -6.52. The molecule has 0 aliphatic heterocycles. The molecule has 0 bridgehead atoms. The van der Waals surface area contributed by atoms with Crippen LogP contribution in [0.5, 0.6) is 11.5 Å². The molecule has 10 rings (SSSR count). The van der Waals surface area contributed by atoms with Crippen LogP contribution in [0.4, 0.5) is 0 Å². The van der Waals surface area contributed by atoms with Crippen molar-refractivity contribution >= 4 is 0 Å². The highest BCUT2D eigenvalue weighted by molar-refractivity contribution is 5.88. The number of fused-ring (bicyclic) bond motifs is 9.